The first kappa shape index (κ1) is 14.0. The Balaban J connectivity index is 2.08. The van der Waals surface area contributed by atoms with Crippen molar-refractivity contribution in [3.05, 3.63) is 35.4 Å². The molecule has 5 heteroatoms. The van der Waals surface area contributed by atoms with E-state index >= 15 is 0 Å². The highest BCUT2D eigenvalue weighted by molar-refractivity contribution is 5.94. The van der Waals surface area contributed by atoms with Crippen molar-refractivity contribution in [2.75, 3.05) is 33.4 Å². The van der Waals surface area contributed by atoms with Crippen molar-refractivity contribution in [3.8, 4) is 0 Å². The average Bonchev–Trinajstić information content (AvgIpc) is 2.47. The molecule has 5 nitrogen and oxygen atoms in total. The number of rotatable bonds is 4. The first-order chi connectivity index (χ1) is 9.24. The van der Waals surface area contributed by atoms with Crippen LogP contribution < -0.4 is 0 Å². The SMILES string of the molecule is COCc1cccc(C(=O)N2CCOC(CO)C2)c1. The van der Waals surface area contributed by atoms with E-state index in [1.54, 1.807) is 18.1 Å². The summed E-state index contributed by atoms with van der Waals surface area (Å²) in [5, 5.41) is 9.10. The highest BCUT2D eigenvalue weighted by Crippen LogP contribution is 2.12. The second kappa shape index (κ2) is 6.65. The monoisotopic (exact) mass is 265 g/mol. The normalized spacial score (nSPS) is 19.5. The van der Waals surface area contributed by atoms with Gasteiger partial charge in [0.05, 0.1) is 25.9 Å². The van der Waals surface area contributed by atoms with Crippen LogP contribution in [0.15, 0.2) is 24.3 Å². The highest BCUT2D eigenvalue weighted by atomic mass is 16.5. The van der Waals surface area contributed by atoms with Crippen LogP contribution in [-0.4, -0.2) is 55.4 Å². The van der Waals surface area contributed by atoms with Crippen LogP contribution in [0.2, 0.25) is 0 Å². The fraction of sp³-hybridized carbons (Fsp3) is 0.500. The van der Waals surface area contributed by atoms with Gasteiger partial charge in [0.25, 0.3) is 5.91 Å². The van der Waals surface area contributed by atoms with Gasteiger partial charge in [-0.2, -0.15) is 0 Å². The van der Waals surface area contributed by atoms with E-state index in [1.807, 2.05) is 18.2 Å². The molecule has 2 rings (SSSR count). The van der Waals surface area contributed by atoms with Crippen LogP contribution in [-0.2, 0) is 16.1 Å². The molecule has 1 N–H and O–H groups in total. The number of hydrogen-bond donors (Lipinski definition) is 1. The summed E-state index contributed by atoms with van der Waals surface area (Å²) in [6.45, 7) is 1.89. The molecule has 1 aliphatic heterocycles. The molecule has 1 aromatic rings. The molecule has 1 aliphatic rings. The zero-order valence-electron chi connectivity index (χ0n) is 11.0. The largest absolute Gasteiger partial charge is 0.394 e. The lowest BCUT2D eigenvalue weighted by atomic mass is 10.1. The third-order valence-corrected chi connectivity index (χ3v) is 3.11. The minimum absolute atomic E-state index is 0.0281. The van der Waals surface area contributed by atoms with Gasteiger partial charge in [-0.05, 0) is 17.7 Å². The van der Waals surface area contributed by atoms with Crippen molar-refractivity contribution in [1.82, 2.24) is 4.90 Å². The van der Waals surface area contributed by atoms with Crippen molar-refractivity contribution in [2.24, 2.45) is 0 Å². The van der Waals surface area contributed by atoms with Gasteiger partial charge >= 0.3 is 0 Å². The second-order valence-corrected chi connectivity index (χ2v) is 4.56. The average molecular weight is 265 g/mol. The maximum Gasteiger partial charge on any atom is 0.254 e. The minimum atomic E-state index is -0.278. The quantitative estimate of drug-likeness (QED) is 0.869. The molecule has 104 valence electrons. The van der Waals surface area contributed by atoms with Gasteiger partial charge in [0.15, 0.2) is 0 Å². The van der Waals surface area contributed by atoms with E-state index in [0.717, 1.165) is 5.56 Å². The second-order valence-electron chi connectivity index (χ2n) is 4.56. The lowest BCUT2D eigenvalue weighted by molar-refractivity contribution is -0.0447. The molecule has 1 saturated heterocycles. The van der Waals surface area contributed by atoms with Gasteiger partial charge < -0.3 is 19.5 Å². The molecule has 1 atom stereocenters. The summed E-state index contributed by atoms with van der Waals surface area (Å²) in [5.41, 5.74) is 1.62. The Bertz CT molecular complexity index is 435. The molecule has 1 unspecified atom stereocenters. The van der Waals surface area contributed by atoms with Crippen LogP contribution in [0.25, 0.3) is 0 Å². The van der Waals surface area contributed by atoms with Gasteiger partial charge in [0.2, 0.25) is 0 Å². The smallest absolute Gasteiger partial charge is 0.254 e. The predicted octanol–water partition coefficient (Wildman–Crippen LogP) is 0.666. The van der Waals surface area contributed by atoms with E-state index in [-0.39, 0.29) is 18.6 Å². The Kier molecular flexibility index (Phi) is 4.90. The van der Waals surface area contributed by atoms with E-state index in [1.165, 1.54) is 0 Å². The molecule has 0 aliphatic carbocycles. The Morgan fingerprint density at radius 1 is 1.58 bits per heavy atom. The van der Waals surface area contributed by atoms with Crippen molar-refractivity contribution in [1.29, 1.82) is 0 Å². The van der Waals surface area contributed by atoms with Crippen LogP contribution >= 0.6 is 0 Å². The summed E-state index contributed by atoms with van der Waals surface area (Å²) >= 11 is 0. The van der Waals surface area contributed by atoms with E-state index in [4.69, 9.17) is 14.6 Å². The Morgan fingerprint density at radius 2 is 2.42 bits per heavy atom. The van der Waals surface area contributed by atoms with Crippen LogP contribution in [0.4, 0.5) is 0 Å². The number of hydrogen-bond acceptors (Lipinski definition) is 4. The summed E-state index contributed by atoms with van der Waals surface area (Å²) in [6, 6.07) is 7.42. The van der Waals surface area contributed by atoms with Gasteiger partial charge in [-0.3, -0.25) is 4.79 Å². The number of nitrogens with zero attached hydrogens (tertiary/aromatic N) is 1. The molecular weight excluding hydrogens is 246 g/mol. The van der Waals surface area contributed by atoms with Crippen LogP contribution in [0.5, 0.6) is 0 Å². The molecule has 1 heterocycles. The number of ether oxygens (including phenoxy) is 2. The van der Waals surface area contributed by atoms with Crippen molar-refractivity contribution in [2.45, 2.75) is 12.7 Å². The lowest BCUT2D eigenvalue weighted by Gasteiger charge is -2.32. The summed E-state index contributed by atoms with van der Waals surface area (Å²) < 4.78 is 10.4. The molecule has 0 saturated carbocycles. The molecule has 1 amide bonds. The number of aliphatic hydroxyl groups excluding tert-OH is 1. The fourth-order valence-corrected chi connectivity index (χ4v) is 2.16. The van der Waals surface area contributed by atoms with Crippen molar-refractivity contribution in [3.63, 3.8) is 0 Å². The first-order valence-corrected chi connectivity index (χ1v) is 6.34. The summed E-state index contributed by atoms with van der Waals surface area (Å²) in [7, 11) is 1.63. The number of carbonyl (C=O) groups is 1. The van der Waals surface area contributed by atoms with Gasteiger partial charge in [0, 0.05) is 25.8 Å². The van der Waals surface area contributed by atoms with E-state index in [0.29, 0.717) is 31.9 Å². The summed E-state index contributed by atoms with van der Waals surface area (Å²) in [5.74, 6) is -0.0281. The molecule has 19 heavy (non-hydrogen) atoms. The fourth-order valence-electron chi connectivity index (χ4n) is 2.16. The summed E-state index contributed by atoms with van der Waals surface area (Å²) in [6.07, 6.45) is -0.278. The third kappa shape index (κ3) is 3.53. The van der Waals surface area contributed by atoms with E-state index in [2.05, 4.69) is 0 Å². The highest BCUT2D eigenvalue weighted by Gasteiger charge is 2.24. The molecule has 1 fully saturated rings. The number of methoxy groups -OCH3 is 1. The predicted molar refractivity (Wildman–Crippen MR) is 69.9 cm³/mol. The number of morpholine rings is 1. The van der Waals surface area contributed by atoms with Gasteiger partial charge in [-0.25, -0.2) is 0 Å². The van der Waals surface area contributed by atoms with Gasteiger partial charge in [-0.15, -0.1) is 0 Å². The minimum Gasteiger partial charge on any atom is -0.394 e. The van der Waals surface area contributed by atoms with Crippen molar-refractivity contribution < 1.29 is 19.4 Å². The standard InChI is InChI=1S/C14H19NO4/c1-18-10-11-3-2-4-12(7-11)14(17)15-5-6-19-13(8-15)9-16/h2-4,7,13,16H,5-6,8-10H2,1H3. The van der Waals surface area contributed by atoms with E-state index in [9.17, 15) is 4.79 Å². The Labute approximate surface area is 112 Å². The van der Waals surface area contributed by atoms with Gasteiger partial charge in [0.1, 0.15) is 0 Å². The van der Waals surface area contributed by atoms with Crippen molar-refractivity contribution >= 4 is 5.91 Å². The number of benzene rings is 1. The molecular formula is C14H19NO4. The van der Waals surface area contributed by atoms with E-state index < -0.39 is 0 Å². The first-order valence-electron chi connectivity index (χ1n) is 6.34. The van der Waals surface area contributed by atoms with Crippen LogP contribution in [0.1, 0.15) is 15.9 Å². The maximum atomic E-state index is 12.4. The van der Waals surface area contributed by atoms with Crippen LogP contribution in [0, 0.1) is 0 Å². The van der Waals surface area contributed by atoms with Gasteiger partial charge in [-0.1, -0.05) is 12.1 Å². The molecule has 0 aromatic heterocycles. The zero-order valence-corrected chi connectivity index (χ0v) is 11.0. The number of amides is 1. The van der Waals surface area contributed by atoms with Crippen LogP contribution in [0.3, 0.4) is 0 Å². The third-order valence-electron chi connectivity index (χ3n) is 3.11. The number of carbonyl (C=O) groups excluding carboxylic acids is 1. The molecule has 1 aromatic carbocycles. The maximum absolute atomic E-state index is 12.4. The summed E-state index contributed by atoms with van der Waals surface area (Å²) in [4.78, 5) is 14.1. The Morgan fingerprint density at radius 3 is 3.16 bits per heavy atom. The molecule has 0 spiro atoms. The Hall–Kier alpha value is -1.43. The molecule has 0 radical (unpaired) electrons. The lowest BCUT2D eigenvalue weighted by Crippen LogP contribution is -2.46. The molecule has 0 bridgehead atoms. The topological polar surface area (TPSA) is 59.0 Å². The zero-order chi connectivity index (χ0) is 13.7. The number of aliphatic hydroxyl groups is 1.